The van der Waals surface area contributed by atoms with Crippen LogP contribution in [-0.4, -0.2) is 27.7 Å². The Morgan fingerprint density at radius 3 is 2.50 bits per heavy atom. The molecule has 0 bridgehead atoms. The van der Waals surface area contributed by atoms with E-state index in [9.17, 15) is 9.90 Å². The molecule has 2 rings (SSSR count). The van der Waals surface area contributed by atoms with Crippen LogP contribution in [0.3, 0.4) is 0 Å². The molecule has 1 atom stereocenters. The first-order valence-corrected chi connectivity index (χ1v) is 5.49. The normalized spacial score (nSPS) is 12.1. The molecule has 1 unspecified atom stereocenters. The third-order valence-electron chi connectivity index (χ3n) is 2.81. The number of rotatable bonds is 4. The number of aromatic nitrogens is 2. The smallest absolute Gasteiger partial charge is 0.331 e. The Labute approximate surface area is 105 Å². The lowest BCUT2D eigenvalue weighted by molar-refractivity contribution is -0.139. The van der Waals surface area contributed by atoms with Gasteiger partial charge in [-0.3, -0.25) is 0 Å². The second-order valence-electron chi connectivity index (χ2n) is 3.90. The minimum Gasteiger partial charge on any atom is -0.497 e. The Bertz CT molecular complexity index is 546. The van der Waals surface area contributed by atoms with Crippen LogP contribution in [0.1, 0.15) is 17.4 Å². The molecule has 1 aromatic heterocycles. The summed E-state index contributed by atoms with van der Waals surface area (Å²) in [5.41, 5.74) is 0.685. The van der Waals surface area contributed by atoms with Crippen molar-refractivity contribution in [3.8, 4) is 5.75 Å². The molecule has 0 radical (unpaired) electrons. The van der Waals surface area contributed by atoms with Gasteiger partial charge in [0.15, 0.2) is 6.04 Å². The van der Waals surface area contributed by atoms with Gasteiger partial charge in [0.1, 0.15) is 11.6 Å². The maximum absolute atomic E-state index is 11.4. The summed E-state index contributed by atoms with van der Waals surface area (Å²) < 4.78 is 6.69. The fraction of sp³-hybridized carbons (Fsp3) is 0.231. The van der Waals surface area contributed by atoms with Crippen molar-refractivity contribution in [2.45, 2.75) is 13.0 Å². The molecule has 0 spiro atoms. The number of aryl methyl sites for hydroxylation is 1. The molecule has 1 heterocycles. The van der Waals surface area contributed by atoms with Gasteiger partial charge in [-0.1, -0.05) is 12.1 Å². The summed E-state index contributed by atoms with van der Waals surface area (Å²) in [6.07, 6.45) is 3.26. The highest BCUT2D eigenvalue weighted by Crippen LogP contribution is 2.22. The summed E-state index contributed by atoms with van der Waals surface area (Å²) in [6, 6.07) is 6.22. The predicted octanol–water partition coefficient (Wildman–Crippen LogP) is 1.87. The zero-order chi connectivity index (χ0) is 13.1. The molecule has 2 aromatic rings. The number of ether oxygens (including phenoxy) is 1. The van der Waals surface area contributed by atoms with E-state index < -0.39 is 12.0 Å². The topological polar surface area (TPSA) is 64.3 Å². The maximum Gasteiger partial charge on any atom is 0.331 e. The van der Waals surface area contributed by atoms with E-state index in [2.05, 4.69) is 4.98 Å². The third kappa shape index (κ3) is 2.20. The quantitative estimate of drug-likeness (QED) is 0.894. The van der Waals surface area contributed by atoms with Gasteiger partial charge in [0.05, 0.1) is 7.11 Å². The van der Waals surface area contributed by atoms with Crippen molar-refractivity contribution in [1.82, 2.24) is 9.55 Å². The van der Waals surface area contributed by atoms with E-state index in [1.807, 2.05) is 0 Å². The molecule has 0 amide bonds. The molecule has 0 aliphatic heterocycles. The molecule has 1 N–H and O–H groups in total. The van der Waals surface area contributed by atoms with Crippen LogP contribution in [0.2, 0.25) is 0 Å². The number of aliphatic carboxylic acids is 1. The highest BCUT2D eigenvalue weighted by molar-refractivity contribution is 5.76. The monoisotopic (exact) mass is 246 g/mol. The lowest BCUT2D eigenvalue weighted by atomic mass is 10.1. The molecule has 0 fully saturated rings. The number of carbonyl (C=O) groups is 1. The van der Waals surface area contributed by atoms with Gasteiger partial charge in [0.25, 0.3) is 0 Å². The van der Waals surface area contributed by atoms with Crippen molar-refractivity contribution in [2.24, 2.45) is 0 Å². The summed E-state index contributed by atoms with van der Waals surface area (Å²) in [5.74, 6) is 0.449. The minimum atomic E-state index is -0.915. The summed E-state index contributed by atoms with van der Waals surface area (Å²) in [4.78, 5) is 15.5. The molecule has 0 aliphatic carbocycles. The summed E-state index contributed by atoms with van der Waals surface area (Å²) in [6.45, 7) is 1.78. The SMILES string of the molecule is COc1ccc(C(C(=O)O)n2ccnc2C)cc1. The highest BCUT2D eigenvalue weighted by Gasteiger charge is 2.22. The van der Waals surface area contributed by atoms with E-state index >= 15 is 0 Å². The molecule has 0 aliphatic rings. The minimum absolute atomic E-state index is 0.665. The lowest BCUT2D eigenvalue weighted by Gasteiger charge is -2.16. The first kappa shape index (κ1) is 12.2. The van der Waals surface area contributed by atoms with Crippen molar-refractivity contribution >= 4 is 5.97 Å². The van der Waals surface area contributed by atoms with Gasteiger partial charge in [-0.05, 0) is 24.6 Å². The van der Waals surface area contributed by atoms with Crippen molar-refractivity contribution in [3.63, 3.8) is 0 Å². The number of carboxylic acid groups (broad SMARTS) is 1. The molecule has 1 aromatic carbocycles. The van der Waals surface area contributed by atoms with E-state index in [0.717, 1.165) is 0 Å². The highest BCUT2D eigenvalue weighted by atomic mass is 16.5. The Kier molecular flexibility index (Phi) is 3.32. The van der Waals surface area contributed by atoms with Crippen molar-refractivity contribution < 1.29 is 14.6 Å². The van der Waals surface area contributed by atoms with Gasteiger partial charge < -0.3 is 14.4 Å². The number of hydrogen-bond donors (Lipinski definition) is 1. The number of imidazole rings is 1. The number of hydrogen-bond acceptors (Lipinski definition) is 3. The van der Waals surface area contributed by atoms with Crippen molar-refractivity contribution in [1.29, 1.82) is 0 Å². The van der Waals surface area contributed by atoms with E-state index in [1.165, 1.54) is 0 Å². The van der Waals surface area contributed by atoms with Gasteiger partial charge >= 0.3 is 5.97 Å². The fourth-order valence-corrected chi connectivity index (χ4v) is 1.87. The van der Waals surface area contributed by atoms with Gasteiger partial charge in [-0.15, -0.1) is 0 Å². The van der Waals surface area contributed by atoms with Crippen LogP contribution in [0.4, 0.5) is 0 Å². The third-order valence-corrected chi connectivity index (χ3v) is 2.81. The molecular formula is C13H14N2O3. The van der Waals surface area contributed by atoms with Crippen LogP contribution < -0.4 is 4.74 Å². The Morgan fingerprint density at radius 2 is 2.06 bits per heavy atom. The maximum atomic E-state index is 11.4. The molecule has 5 nitrogen and oxygen atoms in total. The van der Waals surface area contributed by atoms with E-state index in [0.29, 0.717) is 17.1 Å². The molecule has 0 saturated carbocycles. The first-order chi connectivity index (χ1) is 8.63. The lowest BCUT2D eigenvalue weighted by Crippen LogP contribution is -2.20. The fourth-order valence-electron chi connectivity index (χ4n) is 1.87. The van der Waals surface area contributed by atoms with Crippen LogP contribution in [-0.2, 0) is 4.79 Å². The van der Waals surface area contributed by atoms with E-state index in [4.69, 9.17) is 4.74 Å². The number of carboxylic acids is 1. The van der Waals surface area contributed by atoms with Crippen molar-refractivity contribution in [3.05, 3.63) is 48.0 Å². The Morgan fingerprint density at radius 1 is 1.39 bits per heavy atom. The van der Waals surface area contributed by atoms with Crippen LogP contribution in [0.25, 0.3) is 0 Å². The van der Waals surface area contributed by atoms with E-state index in [-0.39, 0.29) is 0 Å². The number of benzene rings is 1. The number of nitrogens with zero attached hydrogens (tertiary/aromatic N) is 2. The van der Waals surface area contributed by atoms with Crippen LogP contribution in [0, 0.1) is 6.92 Å². The zero-order valence-corrected chi connectivity index (χ0v) is 10.2. The zero-order valence-electron chi connectivity index (χ0n) is 10.2. The summed E-state index contributed by atoms with van der Waals surface area (Å²) >= 11 is 0. The van der Waals surface area contributed by atoms with Gasteiger partial charge in [-0.25, -0.2) is 9.78 Å². The molecule has 0 saturated heterocycles. The van der Waals surface area contributed by atoms with Gasteiger partial charge in [-0.2, -0.15) is 0 Å². The molecule has 5 heteroatoms. The van der Waals surface area contributed by atoms with Gasteiger partial charge in [0, 0.05) is 12.4 Å². The van der Waals surface area contributed by atoms with E-state index in [1.54, 1.807) is 55.3 Å². The second-order valence-corrected chi connectivity index (χ2v) is 3.90. The van der Waals surface area contributed by atoms with Crippen LogP contribution in [0.15, 0.2) is 36.7 Å². The van der Waals surface area contributed by atoms with Crippen LogP contribution in [0.5, 0.6) is 5.75 Å². The predicted molar refractivity (Wildman–Crippen MR) is 65.7 cm³/mol. The Balaban J connectivity index is 2.42. The largest absolute Gasteiger partial charge is 0.497 e. The number of methoxy groups -OCH3 is 1. The van der Waals surface area contributed by atoms with Gasteiger partial charge in [0.2, 0.25) is 0 Å². The Hall–Kier alpha value is -2.30. The standard InChI is InChI=1S/C13H14N2O3/c1-9-14-7-8-15(9)12(13(16)17)10-3-5-11(18-2)6-4-10/h3-8,12H,1-2H3,(H,16,17). The first-order valence-electron chi connectivity index (χ1n) is 5.49. The molecular weight excluding hydrogens is 232 g/mol. The van der Waals surface area contributed by atoms with Crippen LogP contribution >= 0.6 is 0 Å². The summed E-state index contributed by atoms with van der Waals surface area (Å²) in [7, 11) is 1.57. The molecule has 18 heavy (non-hydrogen) atoms. The average Bonchev–Trinajstić information content (AvgIpc) is 2.76. The second kappa shape index (κ2) is 4.91. The average molecular weight is 246 g/mol. The van der Waals surface area contributed by atoms with Crippen molar-refractivity contribution in [2.75, 3.05) is 7.11 Å². The summed E-state index contributed by atoms with van der Waals surface area (Å²) in [5, 5.41) is 9.37. The molecule has 94 valence electrons.